The Morgan fingerprint density at radius 2 is 1.62 bits per heavy atom. The van der Waals surface area contributed by atoms with Crippen LogP contribution in [0.4, 0.5) is 0 Å². The van der Waals surface area contributed by atoms with E-state index in [0.29, 0.717) is 19.6 Å². The molecule has 1 aliphatic rings. The van der Waals surface area contributed by atoms with Crippen LogP contribution in [0.25, 0.3) is 0 Å². The molecule has 0 saturated heterocycles. The minimum atomic E-state index is -0.162. The molecule has 1 rings (SSSR count). The van der Waals surface area contributed by atoms with Gasteiger partial charge in [0.2, 0.25) is 0 Å². The highest BCUT2D eigenvalue weighted by Gasteiger charge is 2.18. The highest BCUT2D eigenvalue weighted by Crippen LogP contribution is 2.27. The first kappa shape index (κ1) is 17.7. The van der Waals surface area contributed by atoms with E-state index in [4.69, 9.17) is 9.47 Å². The van der Waals surface area contributed by atoms with Crippen LogP contribution in [0.3, 0.4) is 0 Å². The third-order valence-electron chi connectivity index (χ3n) is 3.77. The van der Waals surface area contributed by atoms with E-state index in [1.807, 2.05) is 13.8 Å². The Bertz CT molecular complexity index is 371. The largest absolute Gasteiger partial charge is 0.466 e. The molecule has 0 aromatic carbocycles. The number of hydrogen-bond donors (Lipinski definition) is 0. The minimum Gasteiger partial charge on any atom is -0.466 e. The predicted molar refractivity (Wildman–Crippen MR) is 81.8 cm³/mol. The minimum absolute atomic E-state index is 0.151. The fraction of sp³-hybridized carbons (Fsp3) is 0.765. The average Bonchev–Trinajstić information content (AvgIpc) is 2.41. The summed E-state index contributed by atoms with van der Waals surface area (Å²) < 4.78 is 10.1. The summed E-state index contributed by atoms with van der Waals surface area (Å²) in [6, 6.07) is 0. The summed E-state index contributed by atoms with van der Waals surface area (Å²) in [7, 11) is 0. The lowest BCUT2D eigenvalue weighted by atomic mass is 9.90. The molecule has 0 atom stereocenters. The first-order valence-corrected chi connectivity index (χ1v) is 8.22. The molecular weight excluding hydrogens is 268 g/mol. The number of allylic oxidation sites excluding steroid dienone is 1. The Labute approximate surface area is 127 Å². The van der Waals surface area contributed by atoms with Crippen molar-refractivity contribution in [2.75, 3.05) is 13.2 Å². The van der Waals surface area contributed by atoms with Gasteiger partial charge in [-0.2, -0.15) is 0 Å². The van der Waals surface area contributed by atoms with E-state index in [1.165, 1.54) is 18.4 Å². The lowest BCUT2D eigenvalue weighted by molar-refractivity contribution is -0.143. The Kier molecular flexibility index (Phi) is 8.79. The lowest BCUT2D eigenvalue weighted by Gasteiger charge is -2.17. The van der Waals surface area contributed by atoms with Gasteiger partial charge in [-0.25, -0.2) is 4.79 Å². The fourth-order valence-electron chi connectivity index (χ4n) is 2.74. The Hall–Kier alpha value is -1.32. The molecule has 0 fully saturated rings. The number of ether oxygens (including phenoxy) is 2. The lowest BCUT2D eigenvalue weighted by Crippen LogP contribution is -2.12. The maximum absolute atomic E-state index is 12.1. The molecule has 0 bridgehead atoms. The number of rotatable bonds is 7. The zero-order chi connectivity index (χ0) is 15.5. The van der Waals surface area contributed by atoms with Crippen molar-refractivity contribution in [2.45, 2.75) is 71.6 Å². The summed E-state index contributed by atoms with van der Waals surface area (Å²) in [4.78, 5) is 23.5. The van der Waals surface area contributed by atoms with E-state index in [-0.39, 0.29) is 11.9 Å². The third kappa shape index (κ3) is 6.78. The molecule has 0 radical (unpaired) electrons. The smallest absolute Gasteiger partial charge is 0.333 e. The number of carbonyl (C=O) groups excluding carboxylic acids is 2. The molecule has 0 aliphatic heterocycles. The zero-order valence-corrected chi connectivity index (χ0v) is 13.4. The van der Waals surface area contributed by atoms with E-state index in [1.54, 1.807) is 0 Å². The number of hydrogen-bond acceptors (Lipinski definition) is 4. The van der Waals surface area contributed by atoms with Gasteiger partial charge in [0.1, 0.15) is 0 Å². The van der Waals surface area contributed by atoms with E-state index in [0.717, 1.165) is 44.1 Å². The topological polar surface area (TPSA) is 52.6 Å². The van der Waals surface area contributed by atoms with Crippen LogP contribution in [0.1, 0.15) is 71.6 Å². The van der Waals surface area contributed by atoms with Crippen LogP contribution in [0, 0.1) is 0 Å². The molecule has 0 aromatic rings. The summed E-state index contributed by atoms with van der Waals surface area (Å²) in [5.41, 5.74) is 2.05. The molecule has 0 spiro atoms. The van der Waals surface area contributed by atoms with Crippen LogP contribution in [0.2, 0.25) is 0 Å². The van der Waals surface area contributed by atoms with E-state index in [2.05, 4.69) is 0 Å². The maximum atomic E-state index is 12.1. The molecule has 120 valence electrons. The number of esters is 2. The Morgan fingerprint density at radius 3 is 2.29 bits per heavy atom. The molecule has 21 heavy (non-hydrogen) atoms. The highest BCUT2D eigenvalue weighted by molar-refractivity contribution is 5.89. The molecule has 0 heterocycles. The van der Waals surface area contributed by atoms with Crippen molar-refractivity contribution < 1.29 is 19.1 Å². The number of carbonyl (C=O) groups is 2. The average molecular weight is 296 g/mol. The van der Waals surface area contributed by atoms with Crippen LogP contribution < -0.4 is 0 Å². The standard InChI is InChI=1S/C17H28O4/c1-3-20-16(18)13-9-11-14-10-7-5-6-8-12-15(14)17(19)21-4-2/h3-13H2,1-2H3. The maximum Gasteiger partial charge on any atom is 0.333 e. The van der Waals surface area contributed by atoms with E-state index >= 15 is 0 Å². The summed E-state index contributed by atoms with van der Waals surface area (Å²) >= 11 is 0. The molecule has 0 saturated carbocycles. The normalized spacial score (nSPS) is 16.1. The Balaban J connectivity index is 2.65. The zero-order valence-electron chi connectivity index (χ0n) is 13.4. The molecule has 0 unspecified atom stereocenters. The Morgan fingerprint density at radius 1 is 0.952 bits per heavy atom. The van der Waals surface area contributed by atoms with E-state index < -0.39 is 0 Å². The van der Waals surface area contributed by atoms with Gasteiger partial charge in [0.25, 0.3) is 0 Å². The molecule has 4 nitrogen and oxygen atoms in total. The summed E-state index contributed by atoms with van der Waals surface area (Å²) in [5, 5.41) is 0. The van der Waals surface area contributed by atoms with Crippen LogP contribution in [-0.4, -0.2) is 25.2 Å². The van der Waals surface area contributed by atoms with Gasteiger partial charge in [0.15, 0.2) is 0 Å². The van der Waals surface area contributed by atoms with E-state index in [9.17, 15) is 9.59 Å². The van der Waals surface area contributed by atoms with Crippen LogP contribution in [0.15, 0.2) is 11.1 Å². The van der Waals surface area contributed by atoms with Gasteiger partial charge >= 0.3 is 11.9 Å². The van der Waals surface area contributed by atoms with Gasteiger partial charge in [-0.1, -0.05) is 18.4 Å². The second-order valence-corrected chi connectivity index (χ2v) is 5.38. The first-order chi connectivity index (χ1) is 10.2. The second kappa shape index (κ2) is 10.4. The quantitative estimate of drug-likeness (QED) is 0.668. The predicted octanol–water partition coefficient (Wildman–Crippen LogP) is 3.93. The molecule has 0 N–H and O–H groups in total. The summed E-state index contributed by atoms with van der Waals surface area (Å²) in [6.07, 6.45) is 8.31. The first-order valence-electron chi connectivity index (χ1n) is 8.22. The van der Waals surface area contributed by atoms with Crippen molar-refractivity contribution in [1.82, 2.24) is 0 Å². The molecule has 0 amide bonds. The van der Waals surface area contributed by atoms with Gasteiger partial charge in [-0.05, 0) is 52.4 Å². The van der Waals surface area contributed by atoms with Crippen molar-refractivity contribution in [1.29, 1.82) is 0 Å². The van der Waals surface area contributed by atoms with Gasteiger partial charge in [-0.15, -0.1) is 0 Å². The summed E-state index contributed by atoms with van der Waals surface area (Å²) in [6.45, 7) is 4.49. The summed E-state index contributed by atoms with van der Waals surface area (Å²) in [5.74, 6) is -0.313. The molecule has 0 aromatic heterocycles. The van der Waals surface area contributed by atoms with Crippen LogP contribution in [-0.2, 0) is 19.1 Å². The van der Waals surface area contributed by atoms with Crippen molar-refractivity contribution in [3.05, 3.63) is 11.1 Å². The third-order valence-corrected chi connectivity index (χ3v) is 3.77. The van der Waals surface area contributed by atoms with Gasteiger partial charge in [0.05, 0.1) is 13.2 Å². The van der Waals surface area contributed by atoms with Crippen LogP contribution >= 0.6 is 0 Å². The van der Waals surface area contributed by atoms with Crippen molar-refractivity contribution >= 4 is 11.9 Å². The fourth-order valence-corrected chi connectivity index (χ4v) is 2.74. The van der Waals surface area contributed by atoms with Gasteiger partial charge < -0.3 is 9.47 Å². The van der Waals surface area contributed by atoms with Gasteiger partial charge in [0, 0.05) is 12.0 Å². The second-order valence-electron chi connectivity index (χ2n) is 5.38. The highest BCUT2D eigenvalue weighted by atomic mass is 16.5. The van der Waals surface area contributed by atoms with Crippen LogP contribution in [0.5, 0.6) is 0 Å². The monoisotopic (exact) mass is 296 g/mol. The molecule has 4 heteroatoms. The van der Waals surface area contributed by atoms with Crippen molar-refractivity contribution in [3.63, 3.8) is 0 Å². The van der Waals surface area contributed by atoms with Crippen molar-refractivity contribution in [3.8, 4) is 0 Å². The van der Waals surface area contributed by atoms with Crippen molar-refractivity contribution in [2.24, 2.45) is 0 Å². The molecule has 1 aliphatic carbocycles. The van der Waals surface area contributed by atoms with Gasteiger partial charge in [-0.3, -0.25) is 4.79 Å². The molecular formula is C17H28O4. The SMILES string of the molecule is CCOC(=O)CCCC1=C(C(=O)OCC)CCCCCC1.